The van der Waals surface area contributed by atoms with Gasteiger partial charge in [0.15, 0.2) is 5.65 Å². The second-order valence-corrected chi connectivity index (χ2v) is 6.50. The van der Waals surface area contributed by atoms with Crippen molar-refractivity contribution in [3.05, 3.63) is 52.9 Å². The van der Waals surface area contributed by atoms with Crippen LogP contribution < -0.4 is 4.74 Å². The Morgan fingerprint density at radius 1 is 1.12 bits per heavy atom. The summed E-state index contributed by atoms with van der Waals surface area (Å²) in [5.74, 6) is -0.289. The number of fused-ring (bicyclic) bond motifs is 3. The first-order chi connectivity index (χ1) is 12.3. The van der Waals surface area contributed by atoms with E-state index in [-0.39, 0.29) is 11.3 Å². The smallest absolute Gasteiger partial charge is 0.405 e. The predicted octanol–water partition coefficient (Wildman–Crippen LogP) is 4.91. The van der Waals surface area contributed by atoms with Gasteiger partial charge in [-0.25, -0.2) is 4.98 Å². The molecule has 0 aliphatic carbocycles. The van der Waals surface area contributed by atoms with Crippen LogP contribution in [0.1, 0.15) is 5.69 Å². The third-order valence-electron chi connectivity index (χ3n) is 3.87. The lowest BCUT2D eigenvalue weighted by Crippen LogP contribution is -2.17. The molecule has 5 nitrogen and oxygen atoms in total. The topological polar surface area (TPSA) is 52.3 Å². The zero-order chi connectivity index (χ0) is 18.5. The molecular weight excluding hydrogens is 413 g/mol. The lowest BCUT2D eigenvalue weighted by Gasteiger charge is -2.15. The summed E-state index contributed by atoms with van der Waals surface area (Å²) in [4.78, 5) is 4.55. The van der Waals surface area contributed by atoms with Crippen LogP contribution in [0.25, 0.3) is 27.8 Å². The predicted molar refractivity (Wildman–Crippen MR) is 92.8 cm³/mol. The number of aromatic nitrogens is 4. The fourth-order valence-corrected chi connectivity index (χ4v) is 3.32. The number of hydrogen-bond donors (Lipinski definition) is 0. The molecule has 4 aromatic rings. The maximum absolute atomic E-state index is 12.8. The number of ether oxygens (including phenoxy) is 1. The second kappa shape index (κ2) is 5.94. The minimum absolute atomic E-state index is 0.287. The molecule has 2 aromatic heterocycles. The molecule has 2 aromatic carbocycles. The van der Waals surface area contributed by atoms with Crippen molar-refractivity contribution in [3.8, 4) is 16.9 Å². The minimum atomic E-state index is -4.79. The standard InChI is InChI=1S/C17H10BrF3N4O/c1-9-16-24-22-8-25(16)13-7-10(18)6-12(15(13)23-9)11-4-2-3-5-14(11)26-17(19,20)21/h2-8H,1H3. The minimum Gasteiger partial charge on any atom is -0.405 e. The van der Waals surface area contributed by atoms with E-state index in [2.05, 4.69) is 35.8 Å². The van der Waals surface area contributed by atoms with Gasteiger partial charge >= 0.3 is 6.36 Å². The molecule has 0 amide bonds. The zero-order valence-corrected chi connectivity index (χ0v) is 14.8. The zero-order valence-electron chi connectivity index (χ0n) is 13.3. The summed E-state index contributed by atoms with van der Waals surface area (Å²) in [6.45, 7) is 1.77. The SMILES string of the molecule is Cc1nc2c(-c3ccccc3OC(F)(F)F)cc(Br)cc2n2cnnc12. The Balaban J connectivity index is 2.06. The van der Waals surface area contributed by atoms with Crippen LogP contribution in [0.4, 0.5) is 13.2 Å². The molecule has 0 aliphatic heterocycles. The van der Waals surface area contributed by atoms with Gasteiger partial charge in [0.1, 0.15) is 12.1 Å². The molecule has 0 N–H and O–H groups in total. The summed E-state index contributed by atoms with van der Waals surface area (Å²) < 4.78 is 45.0. The van der Waals surface area contributed by atoms with E-state index in [4.69, 9.17) is 0 Å². The second-order valence-electron chi connectivity index (χ2n) is 5.59. The molecule has 0 unspecified atom stereocenters. The van der Waals surface area contributed by atoms with Gasteiger partial charge in [0.25, 0.3) is 0 Å². The Hall–Kier alpha value is -2.68. The van der Waals surface area contributed by atoms with Gasteiger partial charge in [-0.1, -0.05) is 34.1 Å². The summed E-state index contributed by atoms with van der Waals surface area (Å²) in [5, 5.41) is 7.92. The van der Waals surface area contributed by atoms with E-state index in [1.165, 1.54) is 12.1 Å². The number of nitrogens with zero attached hydrogens (tertiary/aromatic N) is 4. The number of aryl methyl sites for hydroxylation is 1. The largest absolute Gasteiger partial charge is 0.573 e. The van der Waals surface area contributed by atoms with Crippen LogP contribution in [-0.2, 0) is 0 Å². The van der Waals surface area contributed by atoms with Crippen molar-refractivity contribution in [2.24, 2.45) is 0 Å². The van der Waals surface area contributed by atoms with Gasteiger partial charge in [-0.05, 0) is 25.1 Å². The third kappa shape index (κ3) is 2.88. The highest BCUT2D eigenvalue weighted by molar-refractivity contribution is 9.10. The van der Waals surface area contributed by atoms with Crippen molar-refractivity contribution in [1.82, 2.24) is 19.6 Å². The van der Waals surface area contributed by atoms with Gasteiger partial charge in [0, 0.05) is 15.6 Å². The summed E-state index contributed by atoms with van der Waals surface area (Å²) in [7, 11) is 0. The first-order valence-electron chi connectivity index (χ1n) is 7.48. The van der Waals surface area contributed by atoms with Crippen LogP contribution in [0.5, 0.6) is 5.75 Å². The highest BCUT2D eigenvalue weighted by Crippen LogP contribution is 2.38. The molecule has 132 valence electrons. The van der Waals surface area contributed by atoms with E-state index in [1.54, 1.807) is 35.9 Å². The fraction of sp³-hybridized carbons (Fsp3) is 0.118. The maximum Gasteiger partial charge on any atom is 0.573 e. The van der Waals surface area contributed by atoms with Crippen molar-refractivity contribution in [2.75, 3.05) is 0 Å². The van der Waals surface area contributed by atoms with Crippen molar-refractivity contribution >= 4 is 32.6 Å². The van der Waals surface area contributed by atoms with Crippen molar-refractivity contribution in [1.29, 1.82) is 0 Å². The molecular formula is C17H10BrF3N4O. The van der Waals surface area contributed by atoms with E-state index in [1.807, 2.05) is 6.07 Å². The lowest BCUT2D eigenvalue weighted by molar-refractivity contribution is -0.274. The van der Waals surface area contributed by atoms with Crippen LogP contribution in [0.3, 0.4) is 0 Å². The van der Waals surface area contributed by atoms with E-state index >= 15 is 0 Å². The molecule has 9 heteroatoms. The van der Waals surface area contributed by atoms with E-state index in [0.29, 0.717) is 32.4 Å². The van der Waals surface area contributed by atoms with Crippen molar-refractivity contribution < 1.29 is 17.9 Å². The highest BCUT2D eigenvalue weighted by atomic mass is 79.9. The van der Waals surface area contributed by atoms with Crippen molar-refractivity contribution in [2.45, 2.75) is 13.3 Å². The van der Waals surface area contributed by atoms with Gasteiger partial charge in [0.2, 0.25) is 0 Å². The first kappa shape index (κ1) is 16.8. The number of halogens is 4. The maximum atomic E-state index is 12.8. The Morgan fingerprint density at radius 3 is 2.65 bits per heavy atom. The molecule has 0 fully saturated rings. The molecule has 0 saturated carbocycles. The molecule has 0 bridgehead atoms. The molecule has 0 saturated heterocycles. The average molecular weight is 423 g/mol. The van der Waals surface area contributed by atoms with E-state index < -0.39 is 6.36 Å². The van der Waals surface area contributed by atoms with Gasteiger partial charge in [-0.2, -0.15) is 0 Å². The lowest BCUT2D eigenvalue weighted by atomic mass is 10.0. The Bertz CT molecular complexity index is 1140. The number of para-hydroxylation sites is 1. The van der Waals surface area contributed by atoms with Gasteiger partial charge in [0.05, 0.1) is 16.7 Å². The first-order valence-corrected chi connectivity index (χ1v) is 8.27. The molecule has 0 radical (unpaired) electrons. The van der Waals surface area contributed by atoms with E-state index in [9.17, 15) is 13.2 Å². The highest BCUT2D eigenvalue weighted by Gasteiger charge is 2.32. The number of rotatable bonds is 2. The van der Waals surface area contributed by atoms with Gasteiger partial charge in [-0.3, -0.25) is 4.40 Å². The molecule has 0 atom stereocenters. The van der Waals surface area contributed by atoms with E-state index in [0.717, 1.165) is 0 Å². The van der Waals surface area contributed by atoms with Crippen LogP contribution in [-0.4, -0.2) is 25.9 Å². The Kier molecular flexibility index (Phi) is 3.83. The quantitative estimate of drug-likeness (QED) is 0.460. The monoisotopic (exact) mass is 422 g/mol. The summed E-state index contributed by atoms with van der Waals surface area (Å²) in [6, 6.07) is 9.50. The Morgan fingerprint density at radius 2 is 1.88 bits per heavy atom. The van der Waals surface area contributed by atoms with Crippen LogP contribution in [0.2, 0.25) is 0 Å². The molecule has 0 aliphatic rings. The molecule has 0 spiro atoms. The fourth-order valence-electron chi connectivity index (χ4n) is 2.87. The average Bonchev–Trinajstić information content (AvgIpc) is 3.05. The van der Waals surface area contributed by atoms with Crippen LogP contribution in [0.15, 0.2) is 47.2 Å². The van der Waals surface area contributed by atoms with Crippen molar-refractivity contribution in [3.63, 3.8) is 0 Å². The summed E-state index contributed by atoms with van der Waals surface area (Å²) in [6.07, 6.45) is -3.25. The Labute approximate surface area is 153 Å². The molecule has 26 heavy (non-hydrogen) atoms. The normalized spacial score (nSPS) is 12.0. The van der Waals surface area contributed by atoms with Gasteiger partial charge in [-0.15, -0.1) is 23.4 Å². The van der Waals surface area contributed by atoms with Gasteiger partial charge < -0.3 is 4.74 Å². The number of benzene rings is 2. The van der Waals surface area contributed by atoms with Crippen LogP contribution in [0, 0.1) is 6.92 Å². The van der Waals surface area contributed by atoms with Crippen LogP contribution >= 0.6 is 15.9 Å². The number of alkyl halides is 3. The molecule has 2 heterocycles. The summed E-state index contributed by atoms with van der Waals surface area (Å²) >= 11 is 3.41. The third-order valence-corrected chi connectivity index (χ3v) is 4.33. The number of hydrogen-bond acceptors (Lipinski definition) is 4. The molecule has 4 rings (SSSR count). The summed E-state index contributed by atoms with van der Waals surface area (Å²) in [5.41, 5.74) is 3.19.